The molecule has 0 saturated carbocycles. The summed E-state index contributed by atoms with van der Waals surface area (Å²) < 4.78 is 10.9. The SMILES string of the molecule is CNCCN(C(C)=O)c1ccc(N=C(c2ccccc2)c2c(O)[nH]c3cc(OC)c(OC)cc23)cc1. The molecule has 0 bridgehead atoms. The van der Waals surface area contributed by atoms with Gasteiger partial charge in [-0.3, -0.25) is 4.79 Å². The largest absolute Gasteiger partial charge is 0.494 e. The number of nitrogens with zero attached hydrogens (tertiary/aromatic N) is 2. The summed E-state index contributed by atoms with van der Waals surface area (Å²) in [6, 6.07) is 20.8. The maximum absolute atomic E-state index is 12.1. The molecule has 3 N–H and O–H groups in total. The fourth-order valence-electron chi connectivity index (χ4n) is 4.14. The molecule has 1 heterocycles. The number of likely N-dealkylation sites (N-methyl/N-ethyl adjacent to an activating group) is 1. The van der Waals surface area contributed by atoms with E-state index in [1.807, 2.05) is 67.7 Å². The Balaban J connectivity index is 1.84. The van der Waals surface area contributed by atoms with Crippen LogP contribution in [0.3, 0.4) is 0 Å². The molecule has 0 aliphatic rings. The molecule has 8 nitrogen and oxygen atoms in total. The maximum Gasteiger partial charge on any atom is 0.223 e. The Morgan fingerprint density at radius 2 is 1.69 bits per heavy atom. The number of anilines is 1. The molecule has 1 aromatic heterocycles. The zero-order valence-electron chi connectivity index (χ0n) is 20.8. The molecule has 0 aliphatic heterocycles. The van der Waals surface area contributed by atoms with Gasteiger partial charge >= 0.3 is 0 Å². The number of hydrogen-bond acceptors (Lipinski definition) is 6. The van der Waals surface area contributed by atoms with Crippen molar-refractivity contribution in [1.82, 2.24) is 10.3 Å². The lowest BCUT2D eigenvalue weighted by Gasteiger charge is -2.21. The molecule has 0 radical (unpaired) electrons. The molecule has 0 unspecified atom stereocenters. The van der Waals surface area contributed by atoms with Gasteiger partial charge in [-0.15, -0.1) is 0 Å². The van der Waals surface area contributed by atoms with E-state index >= 15 is 0 Å². The van der Waals surface area contributed by atoms with Crippen LogP contribution in [0.4, 0.5) is 11.4 Å². The normalized spacial score (nSPS) is 11.5. The average molecular weight is 487 g/mol. The highest BCUT2D eigenvalue weighted by Gasteiger charge is 2.21. The van der Waals surface area contributed by atoms with Gasteiger partial charge in [0.2, 0.25) is 5.91 Å². The van der Waals surface area contributed by atoms with Crippen molar-refractivity contribution in [3.8, 4) is 17.4 Å². The van der Waals surface area contributed by atoms with Gasteiger partial charge < -0.3 is 29.8 Å². The van der Waals surface area contributed by atoms with Gasteiger partial charge in [-0.1, -0.05) is 30.3 Å². The molecule has 0 spiro atoms. The second kappa shape index (κ2) is 11.0. The lowest BCUT2D eigenvalue weighted by Crippen LogP contribution is -2.34. The molecule has 4 rings (SSSR count). The van der Waals surface area contributed by atoms with Crippen molar-refractivity contribution in [2.45, 2.75) is 6.92 Å². The number of H-pyrrole nitrogens is 1. The number of hydrogen-bond donors (Lipinski definition) is 3. The minimum absolute atomic E-state index is 0.00523. The number of nitrogens with one attached hydrogen (secondary N) is 2. The number of rotatable bonds is 9. The molecule has 0 saturated heterocycles. The highest BCUT2D eigenvalue weighted by Crippen LogP contribution is 2.38. The number of fused-ring (bicyclic) bond motifs is 1. The topological polar surface area (TPSA) is 99.2 Å². The number of ether oxygens (including phenoxy) is 2. The Kier molecular flexibility index (Phi) is 7.56. The van der Waals surface area contributed by atoms with Gasteiger partial charge in [0.05, 0.1) is 36.7 Å². The number of aromatic amines is 1. The lowest BCUT2D eigenvalue weighted by molar-refractivity contribution is -0.116. The van der Waals surface area contributed by atoms with Gasteiger partial charge in [0.25, 0.3) is 0 Å². The van der Waals surface area contributed by atoms with E-state index in [1.54, 1.807) is 32.1 Å². The van der Waals surface area contributed by atoms with Gasteiger partial charge in [0.1, 0.15) is 0 Å². The standard InChI is InChI=1S/C28H30N4O4/c1-18(33)32(15-14-29-2)21-12-10-20(11-13-21)30-27(19-8-6-5-7-9-19)26-22-16-24(35-3)25(36-4)17-23(22)31-28(26)34/h5-13,16-17,29,31,34H,14-15H2,1-4H3. The first kappa shape index (κ1) is 24.8. The third-order valence-corrected chi connectivity index (χ3v) is 5.93. The monoisotopic (exact) mass is 486 g/mol. The maximum atomic E-state index is 12.1. The summed E-state index contributed by atoms with van der Waals surface area (Å²) in [4.78, 5) is 21.8. The van der Waals surface area contributed by atoms with Crippen molar-refractivity contribution in [3.63, 3.8) is 0 Å². The highest BCUT2D eigenvalue weighted by molar-refractivity contribution is 6.22. The average Bonchev–Trinajstić information content (AvgIpc) is 3.21. The smallest absolute Gasteiger partial charge is 0.223 e. The number of aliphatic imine (C=N–C) groups is 1. The summed E-state index contributed by atoms with van der Waals surface area (Å²) >= 11 is 0. The molecule has 4 aromatic rings. The zero-order valence-corrected chi connectivity index (χ0v) is 20.8. The van der Waals surface area contributed by atoms with E-state index in [2.05, 4.69) is 10.3 Å². The van der Waals surface area contributed by atoms with Gasteiger partial charge in [0.15, 0.2) is 17.4 Å². The lowest BCUT2D eigenvalue weighted by atomic mass is 10.0. The Hall–Kier alpha value is -4.30. The molecule has 0 fully saturated rings. The van der Waals surface area contributed by atoms with Crippen LogP contribution in [0, 0.1) is 0 Å². The molecule has 186 valence electrons. The van der Waals surface area contributed by atoms with Gasteiger partial charge in [-0.05, 0) is 37.4 Å². The second-order valence-electron chi connectivity index (χ2n) is 8.22. The van der Waals surface area contributed by atoms with E-state index in [1.165, 1.54) is 0 Å². The van der Waals surface area contributed by atoms with E-state index in [4.69, 9.17) is 14.5 Å². The minimum Gasteiger partial charge on any atom is -0.494 e. The van der Waals surface area contributed by atoms with Crippen molar-refractivity contribution in [3.05, 3.63) is 77.9 Å². The molecular formula is C28H30N4O4. The molecule has 3 aromatic carbocycles. The van der Waals surface area contributed by atoms with E-state index in [9.17, 15) is 9.90 Å². The van der Waals surface area contributed by atoms with Crippen LogP contribution in [-0.4, -0.2) is 56.1 Å². The second-order valence-corrected chi connectivity index (χ2v) is 8.22. The van der Waals surface area contributed by atoms with Gasteiger partial charge in [-0.25, -0.2) is 4.99 Å². The van der Waals surface area contributed by atoms with Crippen LogP contribution in [0.2, 0.25) is 0 Å². The van der Waals surface area contributed by atoms with E-state index in [-0.39, 0.29) is 11.8 Å². The number of benzene rings is 3. The van der Waals surface area contributed by atoms with Crippen LogP contribution in [0.15, 0.2) is 71.7 Å². The van der Waals surface area contributed by atoms with Gasteiger partial charge in [0, 0.05) is 42.7 Å². The number of methoxy groups -OCH3 is 2. The fraction of sp³-hybridized carbons (Fsp3) is 0.214. The van der Waals surface area contributed by atoms with Crippen molar-refractivity contribution >= 4 is 33.9 Å². The third-order valence-electron chi connectivity index (χ3n) is 5.93. The molecule has 1 amide bonds. The Bertz CT molecular complexity index is 1380. The van der Waals surface area contributed by atoms with E-state index in [0.717, 1.165) is 16.6 Å². The molecule has 0 aliphatic carbocycles. The van der Waals surface area contributed by atoms with Crippen molar-refractivity contribution < 1.29 is 19.4 Å². The number of carbonyl (C=O) groups is 1. The number of aromatic hydroxyl groups is 1. The first-order valence-corrected chi connectivity index (χ1v) is 11.6. The van der Waals surface area contributed by atoms with Crippen LogP contribution < -0.4 is 19.7 Å². The van der Waals surface area contributed by atoms with Crippen molar-refractivity contribution in [2.24, 2.45) is 4.99 Å². The number of amides is 1. The predicted molar refractivity (Wildman–Crippen MR) is 143 cm³/mol. The molecule has 36 heavy (non-hydrogen) atoms. The van der Waals surface area contributed by atoms with Crippen LogP contribution in [-0.2, 0) is 4.79 Å². The number of aromatic nitrogens is 1. The first-order chi connectivity index (χ1) is 17.5. The summed E-state index contributed by atoms with van der Waals surface area (Å²) in [5.41, 5.74) is 4.17. The van der Waals surface area contributed by atoms with Gasteiger partial charge in [-0.2, -0.15) is 0 Å². The first-order valence-electron chi connectivity index (χ1n) is 11.6. The van der Waals surface area contributed by atoms with Crippen LogP contribution >= 0.6 is 0 Å². The Labute approximate surface area is 210 Å². The van der Waals surface area contributed by atoms with Crippen LogP contribution in [0.25, 0.3) is 10.9 Å². The summed E-state index contributed by atoms with van der Waals surface area (Å²) in [7, 11) is 5.00. The van der Waals surface area contributed by atoms with Crippen LogP contribution in [0.5, 0.6) is 17.4 Å². The predicted octanol–water partition coefficient (Wildman–Crippen LogP) is 4.63. The fourth-order valence-corrected chi connectivity index (χ4v) is 4.14. The minimum atomic E-state index is -0.0282. The highest BCUT2D eigenvalue weighted by atomic mass is 16.5. The third kappa shape index (κ3) is 5.04. The summed E-state index contributed by atoms with van der Waals surface area (Å²) in [6.45, 7) is 2.81. The summed E-state index contributed by atoms with van der Waals surface area (Å²) in [5, 5.41) is 14.8. The van der Waals surface area contributed by atoms with E-state index in [0.29, 0.717) is 47.1 Å². The zero-order chi connectivity index (χ0) is 25.7. The quantitative estimate of drug-likeness (QED) is 0.300. The van der Waals surface area contributed by atoms with Crippen LogP contribution in [0.1, 0.15) is 18.1 Å². The Morgan fingerprint density at radius 1 is 1.03 bits per heavy atom. The molecular weight excluding hydrogens is 456 g/mol. The number of carbonyl (C=O) groups excluding carboxylic acids is 1. The Morgan fingerprint density at radius 3 is 2.31 bits per heavy atom. The molecule has 0 atom stereocenters. The van der Waals surface area contributed by atoms with Crippen molar-refractivity contribution in [1.29, 1.82) is 0 Å². The van der Waals surface area contributed by atoms with Crippen molar-refractivity contribution in [2.75, 3.05) is 39.3 Å². The van der Waals surface area contributed by atoms with E-state index < -0.39 is 0 Å². The molecule has 8 heteroatoms. The summed E-state index contributed by atoms with van der Waals surface area (Å²) in [5.74, 6) is 1.07. The summed E-state index contributed by atoms with van der Waals surface area (Å²) in [6.07, 6.45) is 0.